The van der Waals surface area contributed by atoms with Gasteiger partial charge in [-0.15, -0.1) is 0 Å². The Hall–Kier alpha value is -2.21. The molecule has 0 aromatic carbocycles. The number of ether oxygens (including phenoxy) is 1. The van der Waals surface area contributed by atoms with E-state index in [0.717, 1.165) is 6.54 Å². The van der Waals surface area contributed by atoms with Gasteiger partial charge < -0.3 is 14.2 Å². The van der Waals surface area contributed by atoms with Crippen LogP contribution in [0.5, 0.6) is 0 Å². The molecular formula is C16H21N3O3. The molecule has 6 heteroatoms. The van der Waals surface area contributed by atoms with Crippen molar-refractivity contribution in [3.63, 3.8) is 0 Å². The summed E-state index contributed by atoms with van der Waals surface area (Å²) in [4.78, 5) is 30.8. The van der Waals surface area contributed by atoms with Crippen LogP contribution in [0, 0.1) is 6.92 Å². The lowest BCUT2D eigenvalue weighted by atomic mass is 10.1. The first-order valence-corrected chi connectivity index (χ1v) is 7.26. The molecule has 0 amide bonds. The van der Waals surface area contributed by atoms with Crippen LogP contribution < -0.4 is 5.56 Å². The highest BCUT2D eigenvalue weighted by atomic mass is 16.5. The quantitative estimate of drug-likeness (QED) is 0.782. The summed E-state index contributed by atoms with van der Waals surface area (Å²) >= 11 is 0. The number of rotatable bonds is 5. The van der Waals surface area contributed by atoms with Gasteiger partial charge in [0.2, 0.25) is 0 Å². The van der Waals surface area contributed by atoms with Gasteiger partial charge in [0.05, 0.1) is 28.8 Å². The van der Waals surface area contributed by atoms with Gasteiger partial charge in [-0.3, -0.25) is 9.78 Å². The number of carbonyl (C=O) groups is 1. The molecule has 0 saturated heterocycles. The van der Waals surface area contributed by atoms with Crippen molar-refractivity contribution in [2.45, 2.75) is 20.4 Å². The Bertz CT molecular complexity index is 750. The lowest BCUT2D eigenvalue weighted by Gasteiger charge is -2.12. The molecule has 118 valence electrons. The van der Waals surface area contributed by atoms with Gasteiger partial charge in [-0.2, -0.15) is 0 Å². The number of hydrogen-bond acceptors (Lipinski definition) is 5. The van der Waals surface area contributed by atoms with Gasteiger partial charge in [0, 0.05) is 19.3 Å². The summed E-state index contributed by atoms with van der Waals surface area (Å²) in [6, 6.07) is 3.39. The summed E-state index contributed by atoms with van der Waals surface area (Å²) in [6.07, 6.45) is 1.74. The van der Waals surface area contributed by atoms with E-state index in [2.05, 4.69) is 4.98 Å². The molecule has 0 radical (unpaired) electrons. The number of carbonyl (C=O) groups excluding carboxylic acids is 1. The number of esters is 1. The topological polar surface area (TPSA) is 64.4 Å². The van der Waals surface area contributed by atoms with Gasteiger partial charge in [0.25, 0.3) is 5.56 Å². The van der Waals surface area contributed by atoms with Crippen LogP contribution in [0.2, 0.25) is 0 Å². The lowest BCUT2D eigenvalue weighted by Crippen LogP contribution is -2.26. The fourth-order valence-corrected chi connectivity index (χ4v) is 2.20. The Kier molecular flexibility index (Phi) is 4.92. The van der Waals surface area contributed by atoms with E-state index in [1.165, 1.54) is 0 Å². The van der Waals surface area contributed by atoms with Gasteiger partial charge >= 0.3 is 5.97 Å². The molecule has 22 heavy (non-hydrogen) atoms. The molecule has 0 spiro atoms. The molecule has 0 N–H and O–H groups in total. The van der Waals surface area contributed by atoms with E-state index >= 15 is 0 Å². The first-order chi connectivity index (χ1) is 10.4. The predicted molar refractivity (Wildman–Crippen MR) is 85.3 cm³/mol. The van der Waals surface area contributed by atoms with Crippen molar-refractivity contribution in [1.29, 1.82) is 0 Å². The summed E-state index contributed by atoms with van der Waals surface area (Å²) in [7, 11) is 3.91. The van der Waals surface area contributed by atoms with Crippen molar-refractivity contribution < 1.29 is 9.53 Å². The standard InChI is InChI=1S/C16H21N3O3/c1-5-22-16(21)12-10-13-14(17-11(12)2)6-7-19(15(13)20)9-8-18(3)4/h6-7,10H,5,8-9H2,1-4H3. The summed E-state index contributed by atoms with van der Waals surface area (Å²) in [5.41, 5.74) is 1.36. The van der Waals surface area contributed by atoms with Crippen LogP contribution >= 0.6 is 0 Å². The van der Waals surface area contributed by atoms with Crippen molar-refractivity contribution in [2.75, 3.05) is 27.2 Å². The summed E-state index contributed by atoms with van der Waals surface area (Å²) in [6.45, 7) is 5.12. The number of pyridine rings is 2. The molecule has 0 aliphatic rings. The van der Waals surface area contributed by atoms with Crippen molar-refractivity contribution in [1.82, 2.24) is 14.5 Å². The monoisotopic (exact) mass is 303 g/mol. The molecule has 6 nitrogen and oxygen atoms in total. The smallest absolute Gasteiger partial charge is 0.339 e. The van der Waals surface area contributed by atoms with Crippen molar-refractivity contribution in [3.8, 4) is 0 Å². The van der Waals surface area contributed by atoms with Gasteiger partial charge in [-0.05, 0) is 40.1 Å². The first-order valence-electron chi connectivity index (χ1n) is 7.26. The SMILES string of the molecule is CCOC(=O)c1cc2c(=O)n(CCN(C)C)ccc2nc1C. The molecule has 0 aliphatic carbocycles. The summed E-state index contributed by atoms with van der Waals surface area (Å²) < 4.78 is 6.65. The zero-order chi connectivity index (χ0) is 16.3. The highest BCUT2D eigenvalue weighted by molar-refractivity contribution is 5.94. The van der Waals surface area contributed by atoms with Gasteiger partial charge in [-0.1, -0.05) is 0 Å². The second-order valence-electron chi connectivity index (χ2n) is 5.39. The molecule has 0 atom stereocenters. The normalized spacial score (nSPS) is 11.1. The van der Waals surface area contributed by atoms with Crippen molar-refractivity contribution in [3.05, 3.63) is 39.9 Å². The molecule has 0 saturated carbocycles. The third kappa shape index (κ3) is 3.33. The number of hydrogen-bond donors (Lipinski definition) is 0. The molecule has 0 unspecified atom stereocenters. The fraction of sp³-hybridized carbons (Fsp3) is 0.438. The van der Waals surface area contributed by atoms with Crippen molar-refractivity contribution >= 4 is 16.9 Å². The van der Waals surface area contributed by atoms with E-state index in [-0.39, 0.29) is 12.2 Å². The van der Waals surface area contributed by atoms with Crippen LogP contribution in [0.25, 0.3) is 10.9 Å². The average Bonchev–Trinajstić information content (AvgIpc) is 2.46. The Morgan fingerprint density at radius 2 is 2.14 bits per heavy atom. The molecular weight excluding hydrogens is 282 g/mol. The maximum Gasteiger partial charge on any atom is 0.339 e. The van der Waals surface area contributed by atoms with E-state index in [9.17, 15) is 9.59 Å². The molecule has 2 heterocycles. The third-order valence-electron chi connectivity index (χ3n) is 3.43. The zero-order valence-electron chi connectivity index (χ0n) is 13.4. The molecule has 0 bridgehead atoms. The minimum absolute atomic E-state index is 0.141. The summed E-state index contributed by atoms with van der Waals surface area (Å²) in [5.74, 6) is -0.447. The zero-order valence-corrected chi connectivity index (χ0v) is 13.4. The van der Waals surface area contributed by atoms with E-state index in [1.807, 2.05) is 19.0 Å². The van der Waals surface area contributed by atoms with E-state index in [0.29, 0.717) is 28.7 Å². The lowest BCUT2D eigenvalue weighted by molar-refractivity contribution is 0.0525. The maximum atomic E-state index is 12.5. The van der Waals surface area contributed by atoms with E-state index < -0.39 is 5.97 Å². The number of likely N-dealkylation sites (N-methyl/N-ethyl adjacent to an activating group) is 1. The number of fused-ring (bicyclic) bond motifs is 1. The molecule has 0 aliphatic heterocycles. The van der Waals surface area contributed by atoms with Crippen LogP contribution in [-0.4, -0.2) is 47.7 Å². The van der Waals surface area contributed by atoms with Crippen molar-refractivity contribution in [2.24, 2.45) is 0 Å². The Balaban J connectivity index is 2.50. The van der Waals surface area contributed by atoms with Crippen LogP contribution in [-0.2, 0) is 11.3 Å². The van der Waals surface area contributed by atoms with Crippen LogP contribution in [0.4, 0.5) is 0 Å². The number of aryl methyl sites for hydroxylation is 1. The average molecular weight is 303 g/mol. The minimum Gasteiger partial charge on any atom is -0.462 e. The second kappa shape index (κ2) is 6.70. The number of aromatic nitrogens is 2. The van der Waals surface area contributed by atoms with Crippen LogP contribution in [0.1, 0.15) is 23.0 Å². The Labute approximate surface area is 129 Å². The Morgan fingerprint density at radius 1 is 1.41 bits per heavy atom. The molecule has 2 aromatic rings. The summed E-state index contributed by atoms with van der Waals surface area (Å²) in [5, 5.41) is 0.440. The highest BCUT2D eigenvalue weighted by Gasteiger charge is 2.14. The third-order valence-corrected chi connectivity index (χ3v) is 3.43. The molecule has 2 aromatic heterocycles. The van der Waals surface area contributed by atoms with Crippen LogP contribution in [0.15, 0.2) is 23.1 Å². The van der Waals surface area contributed by atoms with E-state index in [1.54, 1.807) is 36.7 Å². The minimum atomic E-state index is -0.447. The van der Waals surface area contributed by atoms with Gasteiger partial charge in [-0.25, -0.2) is 4.79 Å². The van der Waals surface area contributed by atoms with Gasteiger partial charge in [0.15, 0.2) is 0 Å². The molecule has 0 fully saturated rings. The first kappa shape index (κ1) is 16.2. The molecule has 2 rings (SSSR count). The van der Waals surface area contributed by atoms with Gasteiger partial charge in [0.1, 0.15) is 0 Å². The Morgan fingerprint density at radius 3 is 2.77 bits per heavy atom. The van der Waals surface area contributed by atoms with E-state index in [4.69, 9.17) is 4.74 Å². The maximum absolute atomic E-state index is 12.5. The highest BCUT2D eigenvalue weighted by Crippen LogP contribution is 2.14. The largest absolute Gasteiger partial charge is 0.462 e. The fourth-order valence-electron chi connectivity index (χ4n) is 2.20. The predicted octanol–water partition coefficient (Wildman–Crippen LogP) is 1.44. The van der Waals surface area contributed by atoms with Crippen LogP contribution in [0.3, 0.4) is 0 Å². The number of nitrogens with zero attached hydrogens (tertiary/aromatic N) is 3. The second-order valence-corrected chi connectivity index (χ2v) is 5.39.